The molecule has 5 N–H and O–H groups in total. The molecule has 12 heteroatoms. The van der Waals surface area contributed by atoms with Gasteiger partial charge in [0.2, 0.25) is 0 Å². The van der Waals surface area contributed by atoms with E-state index in [0.717, 1.165) is 0 Å². The number of hydrogen-bond donors (Lipinski definition) is 1. The van der Waals surface area contributed by atoms with E-state index in [9.17, 15) is 9.59 Å². The first-order chi connectivity index (χ1) is 15.9. The topological polar surface area (TPSA) is 192 Å². The summed E-state index contributed by atoms with van der Waals surface area (Å²) < 4.78 is 25.6. The summed E-state index contributed by atoms with van der Waals surface area (Å²) in [6, 6.07) is 10.1. The van der Waals surface area contributed by atoms with Crippen LogP contribution in [0.15, 0.2) is 61.7 Å². The number of ether oxygens (including phenoxy) is 5. The van der Waals surface area contributed by atoms with Gasteiger partial charge in [0, 0.05) is 11.1 Å². The van der Waals surface area contributed by atoms with Gasteiger partial charge in [-0.1, -0.05) is 31.7 Å². The van der Waals surface area contributed by atoms with Crippen molar-refractivity contribution >= 4 is 60.8 Å². The van der Waals surface area contributed by atoms with E-state index in [-0.39, 0.29) is 91.5 Å². The summed E-state index contributed by atoms with van der Waals surface area (Å²) in [7, 11) is 4.39. The Hall–Kier alpha value is -2.17. The van der Waals surface area contributed by atoms with Crippen molar-refractivity contribution < 1.29 is 54.8 Å². The van der Waals surface area contributed by atoms with Crippen LogP contribution in [0.5, 0.6) is 11.5 Å². The third kappa shape index (κ3) is 14.7. The fourth-order valence-corrected chi connectivity index (χ4v) is 2.80. The third-order valence-electron chi connectivity index (χ3n) is 4.31. The minimum Gasteiger partial charge on any atom is -0.870 e. The molecule has 0 saturated carbocycles. The van der Waals surface area contributed by atoms with Crippen LogP contribution >= 0.6 is 0 Å². The molecule has 0 unspecified atom stereocenters. The smallest absolute Gasteiger partial charge is 0.870 e. The zero-order valence-corrected chi connectivity index (χ0v) is 25.7. The van der Waals surface area contributed by atoms with Gasteiger partial charge in [0.15, 0.2) is 0 Å². The number of hydrogen-bond acceptors (Lipinski definition) is 9. The Morgan fingerprint density at radius 1 is 0.816 bits per heavy atom. The summed E-state index contributed by atoms with van der Waals surface area (Å²) in [6.07, 6.45) is 3.25. The minimum absolute atomic E-state index is 0. The maximum Gasteiger partial charge on any atom is 2.00 e. The van der Waals surface area contributed by atoms with Crippen LogP contribution < -0.4 is 9.47 Å². The van der Waals surface area contributed by atoms with Gasteiger partial charge >= 0.3 is 60.8 Å². The Morgan fingerprint density at radius 3 is 1.55 bits per heavy atom. The van der Waals surface area contributed by atoms with Gasteiger partial charge in [-0.3, -0.25) is 0 Å². The summed E-state index contributed by atoms with van der Waals surface area (Å²) >= 11 is 0. The fourth-order valence-electron chi connectivity index (χ4n) is 2.80. The van der Waals surface area contributed by atoms with E-state index in [1.54, 1.807) is 49.6 Å². The van der Waals surface area contributed by atoms with Gasteiger partial charge in [-0.2, -0.15) is 0 Å². The van der Waals surface area contributed by atoms with Crippen molar-refractivity contribution in [2.75, 3.05) is 34.5 Å². The molecule has 0 aliphatic rings. The number of carbonyl (C=O) groups excluding carboxylic acids is 1. The number of carboxylic acids is 1. The van der Waals surface area contributed by atoms with Crippen LogP contribution in [0, 0.1) is 0 Å². The Morgan fingerprint density at radius 2 is 1.21 bits per heavy atom. The molecule has 0 atom stereocenters. The Balaban J connectivity index is -0.000000169. The molecule has 0 aliphatic heterocycles. The number of rotatable bonds is 12. The van der Waals surface area contributed by atoms with Gasteiger partial charge in [-0.05, 0) is 24.3 Å². The van der Waals surface area contributed by atoms with Crippen LogP contribution in [0.1, 0.15) is 39.3 Å². The zero-order valence-electron chi connectivity index (χ0n) is 21.3. The first-order valence-electron chi connectivity index (χ1n) is 9.95. The first kappa shape index (κ1) is 45.7. The SMILES string of the molecule is C.C=CCOCc1c(OC)cccc1C(=O)O.C=CCOCc1c(OC)cccc1C(=O)OC.O.[Ba+2].[OH-].[OH-]. The summed E-state index contributed by atoms with van der Waals surface area (Å²) in [5, 5.41) is 9.01. The molecule has 0 aliphatic carbocycles. The van der Waals surface area contributed by atoms with Crippen LogP contribution in [0.4, 0.5) is 0 Å². The fraction of sp³-hybridized carbons (Fsp3) is 0.308. The van der Waals surface area contributed by atoms with Crippen LogP contribution in [0.2, 0.25) is 0 Å². The predicted molar refractivity (Wildman–Crippen MR) is 144 cm³/mol. The normalized spacial score (nSPS) is 8.50. The van der Waals surface area contributed by atoms with E-state index >= 15 is 0 Å². The average molecular weight is 664 g/mol. The molecule has 2 aromatic rings. The maximum atomic E-state index is 11.6. The molecule has 2 aromatic carbocycles. The molecular formula is C26H38BaO11. The van der Waals surface area contributed by atoms with Gasteiger partial charge in [0.1, 0.15) is 11.5 Å². The van der Waals surface area contributed by atoms with E-state index in [0.29, 0.717) is 41.4 Å². The quantitative estimate of drug-likeness (QED) is 0.152. The first-order valence-corrected chi connectivity index (χ1v) is 9.95. The second kappa shape index (κ2) is 26.4. The summed E-state index contributed by atoms with van der Waals surface area (Å²) in [4.78, 5) is 22.6. The Labute approximate surface area is 264 Å². The molecule has 0 spiro atoms. The van der Waals surface area contributed by atoms with Crippen molar-refractivity contribution in [2.45, 2.75) is 20.6 Å². The molecule has 0 fully saturated rings. The van der Waals surface area contributed by atoms with Crippen molar-refractivity contribution in [3.8, 4) is 11.5 Å². The van der Waals surface area contributed by atoms with Gasteiger partial charge < -0.3 is 45.2 Å². The maximum absolute atomic E-state index is 11.6. The van der Waals surface area contributed by atoms with E-state index in [4.69, 9.17) is 28.8 Å². The molecule has 210 valence electrons. The number of esters is 1. The van der Waals surface area contributed by atoms with E-state index < -0.39 is 11.9 Å². The van der Waals surface area contributed by atoms with Crippen LogP contribution in [0.3, 0.4) is 0 Å². The number of benzene rings is 2. The number of carbonyl (C=O) groups is 2. The van der Waals surface area contributed by atoms with Gasteiger partial charge in [0.05, 0.1) is 58.9 Å². The summed E-state index contributed by atoms with van der Waals surface area (Å²) in [5.41, 5.74) is 1.88. The predicted octanol–water partition coefficient (Wildman–Crippen LogP) is 3.36. The molecule has 2 rings (SSSR count). The zero-order chi connectivity index (χ0) is 24.6. The molecule has 0 heterocycles. The average Bonchev–Trinajstić information content (AvgIpc) is 2.84. The van der Waals surface area contributed by atoms with E-state index in [1.165, 1.54) is 20.3 Å². The van der Waals surface area contributed by atoms with Crippen LogP contribution in [-0.4, -0.2) is 117 Å². The van der Waals surface area contributed by atoms with E-state index in [2.05, 4.69) is 13.2 Å². The standard InChI is InChI=1S/C13H16O4.C12H14O4.CH4.Ba.3H2O/c1-4-8-17-9-11-10(13(14)16-3)6-5-7-12(11)15-2;1-3-7-16-8-10-9(12(13)14)5-4-6-11(10)15-2;;;;;/h4-7H,1,8-9H2,2-3H3;3-6H,1,7-8H2,2H3,(H,13,14);1H4;;3*1H2/q;;;+2;;;/p-2. The van der Waals surface area contributed by atoms with Gasteiger partial charge in [0.25, 0.3) is 0 Å². The van der Waals surface area contributed by atoms with Crippen molar-refractivity contribution in [1.82, 2.24) is 0 Å². The molecule has 0 radical (unpaired) electrons. The van der Waals surface area contributed by atoms with Gasteiger partial charge in [-0.25, -0.2) is 9.59 Å². The van der Waals surface area contributed by atoms with Crippen molar-refractivity contribution in [1.29, 1.82) is 0 Å². The van der Waals surface area contributed by atoms with Crippen molar-refractivity contribution in [3.63, 3.8) is 0 Å². The Kier molecular flexibility index (Phi) is 31.8. The Bertz CT molecular complexity index is 949. The largest absolute Gasteiger partial charge is 2.00 e. The van der Waals surface area contributed by atoms with Crippen LogP contribution in [-0.2, 0) is 27.4 Å². The summed E-state index contributed by atoms with van der Waals surface area (Å²) in [6.45, 7) is 8.34. The molecule has 0 saturated heterocycles. The van der Waals surface area contributed by atoms with Gasteiger partial charge in [-0.15, -0.1) is 13.2 Å². The van der Waals surface area contributed by atoms with E-state index in [1.807, 2.05) is 0 Å². The second-order valence-corrected chi connectivity index (χ2v) is 6.38. The van der Waals surface area contributed by atoms with Crippen LogP contribution in [0.25, 0.3) is 0 Å². The minimum atomic E-state index is -0.990. The number of aromatic carboxylic acids is 1. The molecule has 0 aromatic heterocycles. The molecule has 0 amide bonds. The molecule has 38 heavy (non-hydrogen) atoms. The monoisotopic (exact) mass is 664 g/mol. The summed E-state index contributed by atoms with van der Waals surface area (Å²) in [5.74, 6) is -0.266. The van der Waals surface area contributed by atoms with Crippen molar-refractivity contribution in [3.05, 3.63) is 84.0 Å². The molecular weight excluding hydrogens is 626 g/mol. The van der Waals surface area contributed by atoms with Crippen molar-refractivity contribution in [2.24, 2.45) is 0 Å². The molecule has 11 nitrogen and oxygen atoms in total. The molecule has 0 bridgehead atoms. The number of methoxy groups -OCH3 is 3. The second-order valence-electron chi connectivity index (χ2n) is 6.38. The third-order valence-corrected chi connectivity index (χ3v) is 4.31. The number of carboxylic acid groups (broad SMARTS) is 1.